The third-order valence-corrected chi connectivity index (χ3v) is 6.34. The smallest absolute Gasteiger partial charge is 0.341 e. The van der Waals surface area contributed by atoms with Crippen LogP contribution in [0.5, 0.6) is 0 Å². The van der Waals surface area contributed by atoms with E-state index in [0.717, 1.165) is 44.6 Å². The molecule has 4 rings (SSSR count). The molecule has 1 saturated heterocycles. The van der Waals surface area contributed by atoms with Crippen LogP contribution in [0, 0.1) is 0 Å². The van der Waals surface area contributed by atoms with Crippen LogP contribution < -0.4 is 10.2 Å². The largest absolute Gasteiger partial charge is 0.462 e. The normalized spacial score (nSPS) is 17.2. The molecule has 154 valence electrons. The fourth-order valence-electron chi connectivity index (χ4n) is 3.74. The number of thiophene rings is 1. The van der Waals surface area contributed by atoms with Gasteiger partial charge in [-0.1, -0.05) is 18.2 Å². The molecule has 29 heavy (non-hydrogen) atoms. The van der Waals surface area contributed by atoms with Gasteiger partial charge in [-0.3, -0.25) is 9.69 Å². The van der Waals surface area contributed by atoms with E-state index in [9.17, 15) is 9.59 Å². The first kappa shape index (κ1) is 19.9. The first-order valence-corrected chi connectivity index (χ1v) is 11.1. The van der Waals surface area contributed by atoms with Crippen LogP contribution >= 0.6 is 11.3 Å². The van der Waals surface area contributed by atoms with Crippen LogP contribution in [0.1, 0.15) is 41.6 Å². The minimum atomic E-state index is -0.331. The van der Waals surface area contributed by atoms with Crippen LogP contribution in [-0.2, 0) is 9.53 Å². The quantitative estimate of drug-likeness (QED) is 0.703. The van der Waals surface area contributed by atoms with Crippen LogP contribution in [0.25, 0.3) is 0 Å². The average Bonchev–Trinajstić information content (AvgIpc) is 3.50. The fraction of sp³-hybridized carbons (Fsp3) is 0.455. The number of hydrogen-bond acceptors (Lipinski definition) is 6. The third-order valence-electron chi connectivity index (χ3n) is 5.43. The maximum Gasteiger partial charge on any atom is 0.341 e. The molecule has 2 fully saturated rings. The van der Waals surface area contributed by atoms with Gasteiger partial charge in [0.15, 0.2) is 0 Å². The number of benzene rings is 1. The number of esters is 1. The Bertz CT molecular complexity index is 855. The average molecular weight is 414 g/mol. The van der Waals surface area contributed by atoms with Crippen LogP contribution in [0.2, 0.25) is 0 Å². The molecule has 1 aromatic carbocycles. The van der Waals surface area contributed by atoms with Crippen LogP contribution in [0.4, 0.5) is 10.7 Å². The maximum absolute atomic E-state index is 12.6. The Hall–Kier alpha value is -2.38. The molecule has 0 atom stereocenters. The number of hydrogen-bond donors (Lipinski definition) is 1. The van der Waals surface area contributed by atoms with Crippen LogP contribution in [0.3, 0.4) is 0 Å². The Balaban J connectivity index is 1.34. The van der Waals surface area contributed by atoms with Crippen molar-refractivity contribution in [3.8, 4) is 0 Å². The Morgan fingerprint density at radius 2 is 1.86 bits per heavy atom. The number of anilines is 2. The predicted molar refractivity (Wildman–Crippen MR) is 116 cm³/mol. The summed E-state index contributed by atoms with van der Waals surface area (Å²) in [6.45, 7) is 5.94. The van der Waals surface area contributed by atoms with Crippen molar-refractivity contribution in [3.63, 3.8) is 0 Å². The van der Waals surface area contributed by atoms with Gasteiger partial charge >= 0.3 is 5.97 Å². The number of carbonyl (C=O) groups is 2. The number of rotatable bonds is 7. The number of carbonyl (C=O) groups excluding carboxylic acids is 2. The minimum Gasteiger partial charge on any atom is -0.462 e. The summed E-state index contributed by atoms with van der Waals surface area (Å²) in [7, 11) is 0. The highest BCUT2D eigenvalue weighted by Gasteiger charge is 2.32. The molecule has 2 aromatic rings. The fourth-order valence-corrected chi connectivity index (χ4v) is 4.79. The van der Waals surface area contributed by atoms with Gasteiger partial charge in [-0.15, -0.1) is 11.3 Å². The summed E-state index contributed by atoms with van der Waals surface area (Å²) in [5.74, 6) is 0.0257. The van der Waals surface area contributed by atoms with Gasteiger partial charge in [-0.2, -0.15) is 0 Å². The summed E-state index contributed by atoms with van der Waals surface area (Å²) in [6, 6.07) is 10.4. The van der Waals surface area contributed by atoms with E-state index in [1.807, 2.05) is 23.6 Å². The van der Waals surface area contributed by atoms with Crippen molar-refractivity contribution in [1.29, 1.82) is 0 Å². The lowest BCUT2D eigenvalue weighted by atomic mass is 10.1. The summed E-state index contributed by atoms with van der Waals surface area (Å²) in [5.41, 5.74) is 2.81. The first-order valence-electron chi connectivity index (χ1n) is 10.3. The molecule has 0 bridgehead atoms. The monoisotopic (exact) mass is 413 g/mol. The molecule has 1 N–H and O–H groups in total. The second kappa shape index (κ2) is 8.97. The van der Waals surface area contributed by atoms with E-state index in [4.69, 9.17) is 4.74 Å². The Labute approximate surface area is 175 Å². The van der Waals surface area contributed by atoms with Crippen molar-refractivity contribution < 1.29 is 14.3 Å². The molecular formula is C22H27N3O3S. The molecule has 0 spiro atoms. The number of nitrogens with one attached hydrogen (secondary N) is 1. The Morgan fingerprint density at radius 1 is 1.14 bits per heavy atom. The molecule has 1 saturated carbocycles. The standard InChI is InChI=1S/C22H27N3O3S/c1-2-28-22(27)20-18(16-8-9-16)15-29-21(20)23-19(26)14-24-10-12-25(13-11-24)17-6-4-3-5-7-17/h3-7,15-16H,2,8-14H2,1H3,(H,23,26). The lowest BCUT2D eigenvalue weighted by molar-refractivity contribution is -0.117. The molecule has 7 heteroatoms. The molecule has 1 aliphatic heterocycles. The van der Waals surface area contributed by atoms with E-state index in [-0.39, 0.29) is 11.9 Å². The van der Waals surface area contributed by atoms with Crippen LogP contribution in [0.15, 0.2) is 35.7 Å². The van der Waals surface area contributed by atoms with Gasteiger partial charge in [-0.25, -0.2) is 4.79 Å². The molecule has 6 nitrogen and oxygen atoms in total. The highest BCUT2D eigenvalue weighted by Crippen LogP contribution is 2.46. The Kier molecular flexibility index (Phi) is 6.16. The van der Waals surface area contributed by atoms with E-state index < -0.39 is 0 Å². The molecular weight excluding hydrogens is 386 g/mol. The molecule has 1 aliphatic carbocycles. The number of nitrogens with zero attached hydrogens (tertiary/aromatic N) is 2. The van der Waals surface area contributed by atoms with Crippen molar-refractivity contribution >= 4 is 33.9 Å². The molecule has 0 radical (unpaired) electrons. The molecule has 1 amide bonds. The van der Waals surface area contributed by atoms with Crippen molar-refractivity contribution in [2.24, 2.45) is 0 Å². The zero-order valence-electron chi connectivity index (χ0n) is 16.7. The highest BCUT2D eigenvalue weighted by molar-refractivity contribution is 7.15. The van der Waals surface area contributed by atoms with E-state index >= 15 is 0 Å². The van der Waals surface area contributed by atoms with E-state index in [1.165, 1.54) is 17.0 Å². The number of amides is 1. The van der Waals surface area contributed by atoms with Crippen molar-refractivity contribution in [2.45, 2.75) is 25.7 Å². The number of para-hydroxylation sites is 1. The van der Waals surface area contributed by atoms with E-state index in [0.29, 0.717) is 29.6 Å². The highest BCUT2D eigenvalue weighted by atomic mass is 32.1. The first-order chi connectivity index (χ1) is 14.2. The lowest BCUT2D eigenvalue weighted by Crippen LogP contribution is -2.48. The second-order valence-electron chi connectivity index (χ2n) is 7.54. The molecule has 1 aromatic heterocycles. The van der Waals surface area contributed by atoms with Gasteiger partial charge in [0.05, 0.1) is 18.7 Å². The lowest BCUT2D eigenvalue weighted by Gasteiger charge is -2.35. The van der Waals surface area contributed by atoms with E-state index in [2.05, 4.69) is 27.2 Å². The second-order valence-corrected chi connectivity index (χ2v) is 8.42. The van der Waals surface area contributed by atoms with E-state index in [1.54, 1.807) is 6.92 Å². The third kappa shape index (κ3) is 4.79. The zero-order chi connectivity index (χ0) is 20.2. The number of ether oxygens (including phenoxy) is 1. The Morgan fingerprint density at radius 3 is 2.52 bits per heavy atom. The summed E-state index contributed by atoms with van der Waals surface area (Å²) in [5, 5.41) is 5.59. The van der Waals surface area contributed by atoms with Gasteiger partial charge in [0.2, 0.25) is 5.91 Å². The zero-order valence-corrected chi connectivity index (χ0v) is 17.5. The van der Waals surface area contributed by atoms with Crippen molar-refractivity contribution in [2.75, 3.05) is 49.5 Å². The molecule has 0 unspecified atom stereocenters. The molecule has 2 aliphatic rings. The SMILES string of the molecule is CCOC(=O)c1c(C2CC2)csc1NC(=O)CN1CCN(c2ccccc2)CC1. The molecule has 2 heterocycles. The van der Waals surface area contributed by atoms with Gasteiger partial charge in [0.25, 0.3) is 0 Å². The summed E-state index contributed by atoms with van der Waals surface area (Å²) in [4.78, 5) is 29.6. The predicted octanol–water partition coefficient (Wildman–Crippen LogP) is 3.56. The minimum absolute atomic E-state index is 0.0760. The topological polar surface area (TPSA) is 61.9 Å². The van der Waals surface area contributed by atoms with Crippen LogP contribution in [-0.4, -0.2) is 56.1 Å². The summed E-state index contributed by atoms with van der Waals surface area (Å²) >= 11 is 1.43. The van der Waals surface area contributed by atoms with Gasteiger partial charge < -0.3 is 15.0 Å². The van der Waals surface area contributed by atoms with Crippen molar-refractivity contribution in [3.05, 3.63) is 46.8 Å². The van der Waals surface area contributed by atoms with Gasteiger partial charge in [-0.05, 0) is 48.8 Å². The summed E-state index contributed by atoms with van der Waals surface area (Å²) < 4.78 is 5.23. The van der Waals surface area contributed by atoms with Gasteiger partial charge in [0.1, 0.15) is 5.00 Å². The number of piperazine rings is 1. The summed E-state index contributed by atoms with van der Waals surface area (Å²) in [6.07, 6.45) is 2.20. The van der Waals surface area contributed by atoms with Crippen molar-refractivity contribution in [1.82, 2.24) is 4.90 Å². The van der Waals surface area contributed by atoms with Gasteiger partial charge in [0, 0.05) is 31.9 Å². The maximum atomic E-state index is 12.6.